The van der Waals surface area contributed by atoms with E-state index in [0.29, 0.717) is 0 Å². The molecule has 0 aliphatic carbocycles. The van der Waals surface area contributed by atoms with Crippen LogP contribution < -0.4 is 10.3 Å². The van der Waals surface area contributed by atoms with E-state index in [2.05, 4.69) is 9.72 Å². The van der Waals surface area contributed by atoms with E-state index in [0.717, 1.165) is 18.3 Å². The lowest BCUT2D eigenvalue weighted by molar-refractivity contribution is -0.385. The molecule has 2 rings (SSSR count). The topological polar surface area (TPSA) is 85.2 Å². The molecule has 2 aromatic rings. The van der Waals surface area contributed by atoms with E-state index in [1.54, 1.807) is 0 Å². The van der Waals surface area contributed by atoms with Gasteiger partial charge in [0.1, 0.15) is 5.75 Å². The first-order chi connectivity index (χ1) is 9.78. The summed E-state index contributed by atoms with van der Waals surface area (Å²) in [6.45, 7) is 0. The SMILES string of the molecule is O=c1[nH]cc([N+](=O)[O-])cc1-c1ccccc1OC(F)(F)F. The van der Waals surface area contributed by atoms with Crippen LogP contribution in [0.3, 0.4) is 0 Å². The second-order valence-electron chi connectivity index (χ2n) is 3.90. The molecular formula is C12H7F3N2O4. The maximum Gasteiger partial charge on any atom is 0.573 e. The van der Waals surface area contributed by atoms with Gasteiger partial charge in [0.15, 0.2) is 0 Å². The number of H-pyrrole nitrogens is 1. The third kappa shape index (κ3) is 3.38. The molecule has 0 amide bonds. The van der Waals surface area contributed by atoms with Crippen LogP contribution in [0.5, 0.6) is 5.75 Å². The van der Waals surface area contributed by atoms with Gasteiger partial charge in [-0.3, -0.25) is 14.9 Å². The summed E-state index contributed by atoms with van der Waals surface area (Å²) in [5.41, 5.74) is -1.70. The standard InChI is InChI=1S/C12H7F3N2O4/c13-12(14,15)21-10-4-2-1-3-8(10)9-5-7(17(19)20)6-16-11(9)18/h1-6H,(H,16,18). The van der Waals surface area contributed by atoms with Gasteiger partial charge in [0.05, 0.1) is 16.7 Å². The molecule has 1 aromatic carbocycles. The molecule has 0 unspecified atom stereocenters. The highest BCUT2D eigenvalue weighted by molar-refractivity contribution is 5.71. The molecule has 1 heterocycles. The van der Waals surface area contributed by atoms with Crippen LogP contribution in [0.15, 0.2) is 41.3 Å². The highest BCUT2D eigenvalue weighted by Gasteiger charge is 2.32. The number of rotatable bonds is 3. The van der Waals surface area contributed by atoms with Crippen molar-refractivity contribution >= 4 is 5.69 Å². The molecule has 0 spiro atoms. The zero-order valence-electron chi connectivity index (χ0n) is 10.2. The first-order valence-corrected chi connectivity index (χ1v) is 5.50. The number of aromatic nitrogens is 1. The number of nitrogens with one attached hydrogen (secondary N) is 1. The minimum Gasteiger partial charge on any atom is -0.405 e. The van der Waals surface area contributed by atoms with Gasteiger partial charge in [-0.05, 0) is 6.07 Å². The monoisotopic (exact) mass is 300 g/mol. The summed E-state index contributed by atoms with van der Waals surface area (Å²) in [6.07, 6.45) is -4.08. The fraction of sp³-hybridized carbons (Fsp3) is 0.0833. The molecule has 1 N–H and O–H groups in total. The first kappa shape index (κ1) is 14.6. The Morgan fingerprint density at radius 1 is 1.19 bits per heavy atom. The average molecular weight is 300 g/mol. The number of hydrogen-bond acceptors (Lipinski definition) is 4. The second-order valence-corrected chi connectivity index (χ2v) is 3.90. The van der Waals surface area contributed by atoms with Crippen LogP contribution in [0.4, 0.5) is 18.9 Å². The predicted octanol–water partition coefficient (Wildman–Crippen LogP) is 2.85. The number of ether oxygens (including phenoxy) is 1. The molecule has 6 nitrogen and oxygen atoms in total. The Morgan fingerprint density at radius 2 is 1.86 bits per heavy atom. The highest BCUT2D eigenvalue weighted by atomic mass is 19.4. The van der Waals surface area contributed by atoms with Crippen LogP contribution in [0, 0.1) is 10.1 Å². The van der Waals surface area contributed by atoms with Crippen LogP contribution in [-0.4, -0.2) is 16.3 Å². The molecule has 9 heteroatoms. The van der Waals surface area contributed by atoms with Gasteiger partial charge in [0, 0.05) is 11.6 Å². The molecule has 21 heavy (non-hydrogen) atoms. The van der Waals surface area contributed by atoms with Crippen molar-refractivity contribution in [2.75, 3.05) is 0 Å². The smallest absolute Gasteiger partial charge is 0.405 e. The van der Waals surface area contributed by atoms with Crippen molar-refractivity contribution in [1.82, 2.24) is 4.98 Å². The lowest BCUT2D eigenvalue weighted by Gasteiger charge is -2.12. The van der Waals surface area contributed by atoms with Gasteiger partial charge in [-0.25, -0.2) is 0 Å². The maximum absolute atomic E-state index is 12.3. The van der Waals surface area contributed by atoms with Crippen LogP contribution in [-0.2, 0) is 0 Å². The highest BCUT2D eigenvalue weighted by Crippen LogP contribution is 2.32. The first-order valence-electron chi connectivity index (χ1n) is 5.50. The number of para-hydroxylation sites is 1. The number of nitrogens with zero attached hydrogens (tertiary/aromatic N) is 1. The summed E-state index contributed by atoms with van der Waals surface area (Å²) in [5.74, 6) is -0.615. The van der Waals surface area contributed by atoms with Crippen molar-refractivity contribution in [1.29, 1.82) is 0 Å². The number of nitro groups is 1. The predicted molar refractivity (Wildman–Crippen MR) is 65.8 cm³/mol. The summed E-state index contributed by atoms with van der Waals surface area (Å²) in [4.78, 5) is 23.7. The van der Waals surface area contributed by atoms with E-state index in [1.807, 2.05) is 0 Å². The van der Waals surface area contributed by atoms with Gasteiger partial charge in [-0.15, -0.1) is 13.2 Å². The zero-order chi connectivity index (χ0) is 15.6. The Bertz CT molecular complexity index is 740. The van der Waals surface area contributed by atoms with Crippen LogP contribution in [0.25, 0.3) is 11.1 Å². The van der Waals surface area contributed by atoms with Crippen molar-refractivity contribution in [3.05, 3.63) is 57.0 Å². The number of aromatic amines is 1. The second kappa shape index (κ2) is 5.27. The van der Waals surface area contributed by atoms with Gasteiger partial charge in [0.2, 0.25) is 0 Å². The lowest BCUT2D eigenvalue weighted by atomic mass is 10.1. The van der Waals surface area contributed by atoms with Crippen LogP contribution >= 0.6 is 0 Å². The fourth-order valence-electron chi connectivity index (χ4n) is 1.68. The maximum atomic E-state index is 12.3. The Hall–Kier alpha value is -2.84. The van der Waals surface area contributed by atoms with Crippen LogP contribution in [0.1, 0.15) is 0 Å². The number of hydrogen-bond donors (Lipinski definition) is 1. The fourth-order valence-corrected chi connectivity index (χ4v) is 1.68. The van der Waals surface area contributed by atoms with Gasteiger partial charge in [-0.1, -0.05) is 18.2 Å². The molecule has 0 atom stereocenters. The van der Waals surface area contributed by atoms with E-state index in [9.17, 15) is 28.1 Å². The molecule has 0 radical (unpaired) electrons. The Kier molecular flexibility index (Phi) is 3.66. The number of pyridine rings is 1. The van der Waals surface area contributed by atoms with E-state index >= 15 is 0 Å². The molecule has 0 bridgehead atoms. The Balaban J connectivity index is 2.59. The van der Waals surface area contributed by atoms with Gasteiger partial charge in [-0.2, -0.15) is 0 Å². The molecule has 0 aliphatic heterocycles. The largest absolute Gasteiger partial charge is 0.573 e. The Labute approximate surface area is 114 Å². The van der Waals surface area contributed by atoms with E-state index < -0.39 is 28.3 Å². The molecular weight excluding hydrogens is 293 g/mol. The number of halogens is 3. The van der Waals surface area contributed by atoms with Gasteiger partial charge in [0.25, 0.3) is 11.2 Å². The van der Waals surface area contributed by atoms with Gasteiger partial charge >= 0.3 is 6.36 Å². The van der Waals surface area contributed by atoms with Crippen molar-refractivity contribution in [2.45, 2.75) is 6.36 Å². The third-order valence-electron chi connectivity index (χ3n) is 2.50. The third-order valence-corrected chi connectivity index (χ3v) is 2.50. The minimum absolute atomic E-state index is 0.195. The van der Waals surface area contributed by atoms with Crippen molar-refractivity contribution in [3.8, 4) is 16.9 Å². The number of alkyl halides is 3. The quantitative estimate of drug-likeness (QED) is 0.697. The molecule has 0 saturated carbocycles. The van der Waals surface area contributed by atoms with Crippen molar-refractivity contribution in [2.24, 2.45) is 0 Å². The van der Waals surface area contributed by atoms with Gasteiger partial charge < -0.3 is 9.72 Å². The van der Waals surface area contributed by atoms with Crippen LogP contribution in [0.2, 0.25) is 0 Å². The summed E-state index contributed by atoms with van der Waals surface area (Å²) in [5, 5.41) is 10.7. The summed E-state index contributed by atoms with van der Waals surface area (Å²) in [7, 11) is 0. The summed E-state index contributed by atoms with van der Waals surface area (Å²) in [6, 6.07) is 5.78. The van der Waals surface area contributed by atoms with E-state index in [1.165, 1.54) is 18.2 Å². The minimum atomic E-state index is -4.94. The van der Waals surface area contributed by atoms with E-state index in [-0.39, 0.29) is 11.1 Å². The normalized spacial score (nSPS) is 11.2. The Morgan fingerprint density at radius 3 is 2.48 bits per heavy atom. The van der Waals surface area contributed by atoms with Crippen molar-refractivity contribution < 1.29 is 22.8 Å². The molecule has 110 valence electrons. The number of benzene rings is 1. The average Bonchev–Trinajstić information content (AvgIpc) is 2.38. The van der Waals surface area contributed by atoms with E-state index in [4.69, 9.17) is 0 Å². The van der Waals surface area contributed by atoms with Crippen molar-refractivity contribution in [3.63, 3.8) is 0 Å². The zero-order valence-corrected chi connectivity index (χ0v) is 10.2. The lowest BCUT2D eigenvalue weighted by Crippen LogP contribution is -2.18. The summed E-state index contributed by atoms with van der Waals surface area (Å²) < 4.78 is 40.8. The molecule has 0 aliphatic rings. The summed E-state index contributed by atoms with van der Waals surface area (Å²) >= 11 is 0. The molecule has 1 aromatic heterocycles. The molecule has 0 saturated heterocycles. The molecule has 0 fully saturated rings.